The maximum absolute atomic E-state index is 13.6. The summed E-state index contributed by atoms with van der Waals surface area (Å²) in [5.74, 6) is 0.879. The lowest BCUT2D eigenvalue weighted by atomic mass is 10.1. The van der Waals surface area contributed by atoms with Crippen molar-refractivity contribution in [2.45, 2.75) is 19.8 Å². The molecule has 0 unspecified atom stereocenters. The molecule has 0 saturated heterocycles. The Balaban J connectivity index is 1.97. The monoisotopic (exact) mass is 367 g/mol. The van der Waals surface area contributed by atoms with E-state index in [0.717, 1.165) is 22.6 Å². The van der Waals surface area contributed by atoms with Crippen LogP contribution in [0.4, 0.5) is 0 Å². The van der Waals surface area contributed by atoms with Crippen molar-refractivity contribution in [1.29, 1.82) is 0 Å². The molecular formula is C24H21N3O. The average Bonchev–Trinajstić information content (AvgIpc) is 2.73. The lowest BCUT2D eigenvalue weighted by Gasteiger charge is -2.16. The van der Waals surface area contributed by atoms with E-state index in [9.17, 15) is 4.79 Å². The van der Waals surface area contributed by atoms with Gasteiger partial charge in [-0.1, -0.05) is 62.4 Å². The Kier molecular flexibility index (Phi) is 4.85. The number of fused-ring (bicyclic) bond motifs is 1. The van der Waals surface area contributed by atoms with Crippen LogP contribution in [0.15, 0.2) is 77.9 Å². The molecule has 28 heavy (non-hydrogen) atoms. The van der Waals surface area contributed by atoms with E-state index in [-0.39, 0.29) is 11.5 Å². The van der Waals surface area contributed by atoms with Crippen LogP contribution in [-0.4, -0.2) is 14.5 Å². The molecule has 0 aliphatic rings. The van der Waals surface area contributed by atoms with Gasteiger partial charge < -0.3 is 0 Å². The fourth-order valence-electron chi connectivity index (χ4n) is 3.29. The minimum absolute atomic E-state index is 0.0497. The predicted octanol–water partition coefficient (Wildman–Crippen LogP) is 5.07. The van der Waals surface area contributed by atoms with Gasteiger partial charge in [0.05, 0.1) is 16.6 Å². The van der Waals surface area contributed by atoms with Gasteiger partial charge >= 0.3 is 0 Å². The number of para-hydroxylation sites is 1. The first kappa shape index (κ1) is 17.9. The Bertz CT molecular complexity index is 1190. The fraction of sp³-hybridized carbons (Fsp3) is 0.125. The van der Waals surface area contributed by atoms with Crippen molar-refractivity contribution >= 4 is 23.1 Å². The molecule has 0 radical (unpaired) electrons. The van der Waals surface area contributed by atoms with E-state index >= 15 is 0 Å². The quantitative estimate of drug-likeness (QED) is 0.506. The minimum atomic E-state index is -0.0497. The molecule has 2 aromatic carbocycles. The number of aromatic nitrogens is 3. The van der Waals surface area contributed by atoms with E-state index in [1.54, 1.807) is 17.0 Å². The number of hydrogen-bond acceptors (Lipinski definition) is 3. The van der Waals surface area contributed by atoms with Crippen LogP contribution in [0, 0.1) is 0 Å². The number of nitrogens with zero attached hydrogens (tertiary/aromatic N) is 3. The van der Waals surface area contributed by atoms with Gasteiger partial charge in [-0.25, -0.2) is 4.98 Å². The highest BCUT2D eigenvalue weighted by Crippen LogP contribution is 2.22. The summed E-state index contributed by atoms with van der Waals surface area (Å²) in [5, 5.41) is 0.621. The number of benzene rings is 2. The first-order valence-corrected chi connectivity index (χ1v) is 9.34. The number of hydrogen-bond donors (Lipinski definition) is 0. The first-order chi connectivity index (χ1) is 13.6. The van der Waals surface area contributed by atoms with Gasteiger partial charge in [0.1, 0.15) is 5.82 Å². The van der Waals surface area contributed by atoms with Crippen molar-refractivity contribution in [1.82, 2.24) is 14.5 Å². The van der Waals surface area contributed by atoms with Crippen LogP contribution in [0.1, 0.15) is 36.7 Å². The van der Waals surface area contributed by atoms with E-state index < -0.39 is 0 Å². The molecule has 0 fully saturated rings. The van der Waals surface area contributed by atoms with E-state index in [2.05, 4.69) is 18.8 Å². The van der Waals surface area contributed by atoms with Crippen LogP contribution in [0.2, 0.25) is 0 Å². The van der Waals surface area contributed by atoms with E-state index in [4.69, 9.17) is 4.98 Å². The van der Waals surface area contributed by atoms with Gasteiger partial charge in [0.25, 0.3) is 5.56 Å². The lowest BCUT2D eigenvalue weighted by Crippen LogP contribution is -2.25. The Hall–Kier alpha value is -3.53. The molecule has 2 aromatic heterocycles. The molecule has 0 bridgehead atoms. The van der Waals surface area contributed by atoms with Gasteiger partial charge in [-0.3, -0.25) is 14.3 Å². The summed E-state index contributed by atoms with van der Waals surface area (Å²) < 4.78 is 1.73. The molecule has 4 heteroatoms. The summed E-state index contributed by atoms with van der Waals surface area (Å²) in [7, 11) is 0. The molecule has 0 saturated carbocycles. The molecule has 4 aromatic rings. The Morgan fingerprint density at radius 2 is 1.75 bits per heavy atom. The summed E-state index contributed by atoms with van der Waals surface area (Å²) in [4.78, 5) is 22.5. The van der Waals surface area contributed by atoms with Gasteiger partial charge in [-0.15, -0.1) is 0 Å². The molecular weight excluding hydrogens is 346 g/mol. The number of pyridine rings is 1. The van der Waals surface area contributed by atoms with Crippen LogP contribution in [0.5, 0.6) is 0 Å². The van der Waals surface area contributed by atoms with Crippen molar-refractivity contribution < 1.29 is 0 Å². The van der Waals surface area contributed by atoms with Crippen molar-refractivity contribution in [3.05, 3.63) is 100 Å². The van der Waals surface area contributed by atoms with Crippen molar-refractivity contribution in [2.75, 3.05) is 0 Å². The average molecular weight is 367 g/mol. The summed E-state index contributed by atoms with van der Waals surface area (Å²) in [6.45, 7) is 4.11. The molecule has 2 heterocycles. The molecule has 138 valence electrons. The van der Waals surface area contributed by atoms with Crippen LogP contribution in [0.3, 0.4) is 0 Å². The molecule has 4 nitrogen and oxygen atoms in total. The third kappa shape index (κ3) is 3.37. The zero-order valence-electron chi connectivity index (χ0n) is 15.9. The predicted molar refractivity (Wildman–Crippen MR) is 115 cm³/mol. The molecule has 0 atom stereocenters. The third-order valence-electron chi connectivity index (χ3n) is 4.63. The van der Waals surface area contributed by atoms with Crippen molar-refractivity contribution in [3.63, 3.8) is 0 Å². The molecule has 0 spiro atoms. The zero-order chi connectivity index (χ0) is 19.5. The molecule has 0 aliphatic heterocycles. The van der Waals surface area contributed by atoms with Crippen molar-refractivity contribution in [2.24, 2.45) is 0 Å². The fourth-order valence-corrected chi connectivity index (χ4v) is 3.29. The molecule has 0 N–H and O–H groups in total. The topological polar surface area (TPSA) is 47.8 Å². The molecule has 0 aliphatic carbocycles. The molecule has 0 amide bonds. The largest absolute Gasteiger partial charge is 0.268 e. The Labute approximate surface area is 163 Å². The first-order valence-electron chi connectivity index (χ1n) is 9.34. The standard InChI is InChI=1S/C24H21N3O/c1-17(2)23-26-21-12-6-9-19(14-13-18-8-7-15-25-16-18)22(21)24(28)27(23)20-10-4-3-5-11-20/h3-17H,1-2H3/b14-13+. The van der Waals surface area contributed by atoms with Gasteiger partial charge in [-0.05, 0) is 35.4 Å². The maximum Gasteiger partial charge on any atom is 0.266 e. The van der Waals surface area contributed by atoms with Crippen molar-refractivity contribution in [3.8, 4) is 5.69 Å². The van der Waals surface area contributed by atoms with Crippen LogP contribution in [-0.2, 0) is 0 Å². The SMILES string of the molecule is CC(C)c1nc2cccc(/C=C/c3cccnc3)c2c(=O)n1-c1ccccc1. The van der Waals surface area contributed by atoms with Crippen LogP contribution < -0.4 is 5.56 Å². The second-order valence-corrected chi connectivity index (χ2v) is 6.96. The highest BCUT2D eigenvalue weighted by atomic mass is 16.1. The van der Waals surface area contributed by atoms with Gasteiger partial charge in [0.2, 0.25) is 0 Å². The maximum atomic E-state index is 13.6. The number of rotatable bonds is 4. The van der Waals surface area contributed by atoms with E-state index in [1.807, 2.05) is 72.8 Å². The highest BCUT2D eigenvalue weighted by Gasteiger charge is 2.16. The minimum Gasteiger partial charge on any atom is -0.268 e. The third-order valence-corrected chi connectivity index (χ3v) is 4.63. The molecule has 4 rings (SSSR count). The van der Waals surface area contributed by atoms with Gasteiger partial charge in [0, 0.05) is 18.3 Å². The van der Waals surface area contributed by atoms with Gasteiger partial charge in [0.15, 0.2) is 0 Å². The smallest absolute Gasteiger partial charge is 0.266 e. The Morgan fingerprint density at radius 1 is 0.929 bits per heavy atom. The summed E-state index contributed by atoms with van der Waals surface area (Å²) >= 11 is 0. The van der Waals surface area contributed by atoms with Crippen LogP contribution >= 0.6 is 0 Å². The summed E-state index contributed by atoms with van der Waals surface area (Å²) in [5.41, 5.74) is 3.32. The summed E-state index contributed by atoms with van der Waals surface area (Å²) in [6.07, 6.45) is 7.45. The van der Waals surface area contributed by atoms with E-state index in [0.29, 0.717) is 10.9 Å². The zero-order valence-corrected chi connectivity index (χ0v) is 15.9. The normalized spacial score (nSPS) is 11.5. The lowest BCUT2D eigenvalue weighted by molar-refractivity contribution is 0.723. The van der Waals surface area contributed by atoms with E-state index in [1.165, 1.54) is 0 Å². The summed E-state index contributed by atoms with van der Waals surface area (Å²) in [6, 6.07) is 19.3. The second kappa shape index (κ2) is 7.61. The Morgan fingerprint density at radius 3 is 2.46 bits per heavy atom. The second-order valence-electron chi connectivity index (χ2n) is 6.96. The highest BCUT2D eigenvalue weighted by molar-refractivity contribution is 5.90. The van der Waals surface area contributed by atoms with Crippen LogP contribution in [0.25, 0.3) is 28.7 Å². The van der Waals surface area contributed by atoms with Gasteiger partial charge in [-0.2, -0.15) is 0 Å².